The van der Waals surface area contributed by atoms with Crippen molar-refractivity contribution in [1.29, 1.82) is 0 Å². The Labute approximate surface area is 120 Å². The molecule has 0 saturated carbocycles. The second-order valence-electron chi connectivity index (χ2n) is 6.15. The zero-order valence-electron chi connectivity index (χ0n) is 12.2. The van der Waals surface area contributed by atoms with Crippen LogP contribution in [0.1, 0.15) is 49.8 Å². The monoisotopic (exact) mass is 273 g/mol. The van der Waals surface area contributed by atoms with Gasteiger partial charge in [-0.25, -0.2) is 0 Å². The van der Waals surface area contributed by atoms with E-state index in [0.29, 0.717) is 12.2 Å². The molecule has 2 aliphatic heterocycles. The molecule has 1 fully saturated rings. The molecule has 0 aromatic heterocycles. The van der Waals surface area contributed by atoms with Crippen LogP contribution >= 0.6 is 0 Å². The van der Waals surface area contributed by atoms with Crippen LogP contribution < -0.4 is 5.32 Å². The summed E-state index contributed by atoms with van der Waals surface area (Å²) in [5.41, 5.74) is 2.18. The zero-order valence-corrected chi connectivity index (χ0v) is 12.2. The SMILES string of the molecule is CC1(C(=O)CC2OCCc3ccccc32)CCCCN1. The number of piperidine rings is 1. The van der Waals surface area contributed by atoms with Gasteiger partial charge in [-0.2, -0.15) is 0 Å². The van der Waals surface area contributed by atoms with E-state index in [-0.39, 0.29) is 11.6 Å². The number of nitrogens with one attached hydrogen (secondary N) is 1. The van der Waals surface area contributed by atoms with Crippen LogP contribution in [0.15, 0.2) is 24.3 Å². The summed E-state index contributed by atoms with van der Waals surface area (Å²) in [7, 11) is 0. The van der Waals surface area contributed by atoms with Crippen LogP contribution in [-0.2, 0) is 16.0 Å². The number of carbonyl (C=O) groups is 1. The predicted molar refractivity (Wildman–Crippen MR) is 78.7 cm³/mol. The molecule has 2 heterocycles. The van der Waals surface area contributed by atoms with Gasteiger partial charge in [0.2, 0.25) is 0 Å². The number of ketones is 1. The summed E-state index contributed by atoms with van der Waals surface area (Å²) in [6.07, 6.45) is 4.63. The first-order chi connectivity index (χ1) is 9.69. The number of rotatable bonds is 3. The van der Waals surface area contributed by atoms with Crippen molar-refractivity contribution in [2.75, 3.05) is 13.2 Å². The van der Waals surface area contributed by atoms with Gasteiger partial charge in [-0.15, -0.1) is 0 Å². The Morgan fingerprint density at radius 3 is 3.05 bits per heavy atom. The number of Topliss-reactive ketones (excluding diaryl/α,β-unsaturated/α-hetero) is 1. The first-order valence-corrected chi connectivity index (χ1v) is 7.67. The average molecular weight is 273 g/mol. The lowest BCUT2D eigenvalue weighted by atomic mass is 9.83. The van der Waals surface area contributed by atoms with E-state index < -0.39 is 0 Å². The van der Waals surface area contributed by atoms with Crippen molar-refractivity contribution in [3.8, 4) is 0 Å². The molecule has 3 heteroatoms. The summed E-state index contributed by atoms with van der Waals surface area (Å²) in [4.78, 5) is 12.7. The molecule has 1 aromatic rings. The van der Waals surface area contributed by atoms with Crippen molar-refractivity contribution in [1.82, 2.24) is 5.32 Å². The lowest BCUT2D eigenvalue weighted by molar-refractivity contribution is -0.129. The van der Waals surface area contributed by atoms with Crippen LogP contribution in [0.25, 0.3) is 0 Å². The van der Waals surface area contributed by atoms with E-state index in [9.17, 15) is 4.79 Å². The highest BCUT2D eigenvalue weighted by atomic mass is 16.5. The van der Waals surface area contributed by atoms with Gasteiger partial charge >= 0.3 is 0 Å². The van der Waals surface area contributed by atoms with Crippen molar-refractivity contribution >= 4 is 5.78 Å². The highest BCUT2D eigenvalue weighted by molar-refractivity contribution is 5.88. The Morgan fingerprint density at radius 2 is 2.25 bits per heavy atom. The number of fused-ring (bicyclic) bond motifs is 1. The van der Waals surface area contributed by atoms with E-state index in [0.717, 1.165) is 32.4 Å². The first-order valence-electron chi connectivity index (χ1n) is 7.67. The van der Waals surface area contributed by atoms with Crippen LogP contribution in [0.4, 0.5) is 0 Å². The minimum Gasteiger partial charge on any atom is -0.373 e. The fourth-order valence-corrected chi connectivity index (χ4v) is 3.33. The Kier molecular flexibility index (Phi) is 3.90. The van der Waals surface area contributed by atoms with E-state index >= 15 is 0 Å². The molecule has 2 unspecified atom stereocenters. The topological polar surface area (TPSA) is 38.3 Å². The summed E-state index contributed by atoms with van der Waals surface area (Å²) in [6.45, 7) is 3.71. The summed E-state index contributed by atoms with van der Waals surface area (Å²) in [5, 5.41) is 3.40. The summed E-state index contributed by atoms with van der Waals surface area (Å²) in [6, 6.07) is 8.34. The minimum absolute atomic E-state index is 0.0620. The van der Waals surface area contributed by atoms with Crippen molar-refractivity contribution in [3.05, 3.63) is 35.4 Å². The largest absolute Gasteiger partial charge is 0.373 e. The van der Waals surface area contributed by atoms with Crippen molar-refractivity contribution in [2.45, 2.75) is 50.7 Å². The Morgan fingerprint density at radius 1 is 1.40 bits per heavy atom. The molecule has 20 heavy (non-hydrogen) atoms. The number of benzene rings is 1. The third-order valence-corrected chi connectivity index (χ3v) is 4.70. The normalized spacial score (nSPS) is 29.8. The molecule has 1 aromatic carbocycles. The predicted octanol–water partition coefficient (Wildman–Crippen LogP) is 2.79. The van der Waals surface area contributed by atoms with E-state index in [1.807, 2.05) is 13.0 Å². The number of hydrogen-bond donors (Lipinski definition) is 1. The summed E-state index contributed by atoms with van der Waals surface area (Å²) >= 11 is 0. The average Bonchev–Trinajstić information content (AvgIpc) is 2.48. The van der Waals surface area contributed by atoms with Gasteiger partial charge in [0.05, 0.1) is 18.2 Å². The molecule has 2 aliphatic rings. The molecule has 0 amide bonds. The molecule has 0 aliphatic carbocycles. The third-order valence-electron chi connectivity index (χ3n) is 4.70. The summed E-state index contributed by atoms with van der Waals surface area (Å²) < 4.78 is 5.86. The van der Waals surface area contributed by atoms with Crippen LogP contribution in [0.3, 0.4) is 0 Å². The van der Waals surface area contributed by atoms with Gasteiger partial charge in [0.25, 0.3) is 0 Å². The third kappa shape index (κ3) is 2.65. The van der Waals surface area contributed by atoms with Gasteiger partial charge in [0.15, 0.2) is 5.78 Å². The molecular formula is C17H23NO2. The van der Waals surface area contributed by atoms with Crippen molar-refractivity contribution in [2.24, 2.45) is 0 Å². The maximum Gasteiger partial charge on any atom is 0.155 e. The maximum absolute atomic E-state index is 12.7. The van der Waals surface area contributed by atoms with Crippen molar-refractivity contribution in [3.63, 3.8) is 0 Å². The van der Waals surface area contributed by atoms with E-state index in [1.54, 1.807) is 0 Å². The quantitative estimate of drug-likeness (QED) is 0.920. The highest BCUT2D eigenvalue weighted by Gasteiger charge is 2.36. The Hall–Kier alpha value is -1.19. The molecule has 0 radical (unpaired) electrons. The van der Waals surface area contributed by atoms with E-state index in [2.05, 4.69) is 23.5 Å². The minimum atomic E-state index is -0.353. The van der Waals surface area contributed by atoms with Crippen LogP contribution in [0.5, 0.6) is 0 Å². The number of carbonyl (C=O) groups excluding carboxylic acids is 1. The smallest absolute Gasteiger partial charge is 0.155 e. The van der Waals surface area contributed by atoms with Crippen LogP contribution in [0, 0.1) is 0 Å². The van der Waals surface area contributed by atoms with Crippen LogP contribution in [0.2, 0.25) is 0 Å². The molecule has 1 saturated heterocycles. The molecule has 108 valence electrons. The first kappa shape index (κ1) is 13.8. The molecule has 2 atom stereocenters. The molecule has 1 N–H and O–H groups in total. The van der Waals surface area contributed by atoms with E-state index in [4.69, 9.17) is 4.74 Å². The standard InChI is InChI=1S/C17H23NO2/c1-17(9-4-5-10-18-17)16(19)12-15-14-7-3-2-6-13(14)8-11-20-15/h2-3,6-7,15,18H,4-5,8-12H2,1H3. The lowest BCUT2D eigenvalue weighted by Crippen LogP contribution is -2.52. The van der Waals surface area contributed by atoms with Gasteiger partial charge in [-0.05, 0) is 50.3 Å². The van der Waals surface area contributed by atoms with Gasteiger partial charge in [-0.3, -0.25) is 4.79 Å². The number of hydrogen-bond acceptors (Lipinski definition) is 3. The fraction of sp³-hybridized carbons (Fsp3) is 0.588. The van der Waals surface area contributed by atoms with Gasteiger partial charge in [-0.1, -0.05) is 24.3 Å². The molecule has 3 nitrogen and oxygen atoms in total. The molecule has 0 bridgehead atoms. The molecule has 0 spiro atoms. The second-order valence-corrected chi connectivity index (χ2v) is 6.15. The van der Waals surface area contributed by atoms with E-state index in [1.165, 1.54) is 17.5 Å². The van der Waals surface area contributed by atoms with Gasteiger partial charge < -0.3 is 10.1 Å². The second kappa shape index (κ2) is 5.66. The number of ether oxygens (including phenoxy) is 1. The maximum atomic E-state index is 12.7. The zero-order chi connectivity index (χ0) is 14.0. The molecule has 3 rings (SSSR count). The highest BCUT2D eigenvalue weighted by Crippen LogP contribution is 2.32. The lowest BCUT2D eigenvalue weighted by Gasteiger charge is -2.35. The van der Waals surface area contributed by atoms with Crippen LogP contribution in [-0.4, -0.2) is 24.5 Å². The molecular weight excluding hydrogens is 250 g/mol. The van der Waals surface area contributed by atoms with Gasteiger partial charge in [0, 0.05) is 6.42 Å². The van der Waals surface area contributed by atoms with Gasteiger partial charge in [0.1, 0.15) is 0 Å². The Balaban J connectivity index is 1.74. The van der Waals surface area contributed by atoms with Crippen molar-refractivity contribution < 1.29 is 9.53 Å². The summed E-state index contributed by atoms with van der Waals surface area (Å²) in [5.74, 6) is 0.291. The Bertz CT molecular complexity index is 492. The fourth-order valence-electron chi connectivity index (χ4n) is 3.33.